The second-order valence-electron chi connectivity index (χ2n) is 6.76. The van der Waals surface area contributed by atoms with Crippen LogP contribution in [0.25, 0.3) is 0 Å². The molecule has 2 aromatic rings. The standard InChI is InChI=1S/C21H27ClN2O3/c1-14(2)17(16-7-5-4-6-8-16)12-24-11-15-9-18(22)21(19(10-15)26-3)27-13-20(23)25/h4-10,14,17,24H,11-13H2,1-3H3,(H2,23,25). The van der Waals surface area contributed by atoms with Gasteiger partial charge in [-0.05, 0) is 35.1 Å². The van der Waals surface area contributed by atoms with E-state index in [9.17, 15) is 4.79 Å². The summed E-state index contributed by atoms with van der Waals surface area (Å²) in [4.78, 5) is 10.9. The van der Waals surface area contributed by atoms with E-state index in [1.54, 1.807) is 6.07 Å². The molecule has 1 unspecified atom stereocenters. The highest BCUT2D eigenvalue weighted by atomic mass is 35.5. The fourth-order valence-electron chi connectivity index (χ4n) is 2.97. The molecule has 0 aromatic heterocycles. The van der Waals surface area contributed by atoms with Crippen LogP contribution >= 0.6 is 11.6 Å². The van der Waals surface area contributed by atoms with E-state index in [2.05, 4.69) is 43.4 Å². The summed E-state index contributed by atoms with van der Waals surface area (Å²) in [5.74, 6) is 1.17. The molecule has 0 aliphatic heterocycles. The maximum absolute atomic E-state index is 10.9. The predicted molar refractivity (Wildman–Crippen MR) is 108 cm³/mol. The first kappa shape index (κ1) is 21.1. The Morgan fingerprint density at radius 2 is 1.93 bits per heavy atom. The number of amides is 1. The maximum atomic E-state index is 10.9. The molecule has 0 bridgehead atoms. The summed E-state index contributed by atoms with van der Waals surface area (Å²) in [6.07, 6.45) is 0. The van der Waals surface area contributed by atoms with Crippen LogP contribution < -0.4 is 20.5 Å². The highest BCUT2D eigenvalue weighted by Crippen LogP contribution is 2.36. The van der Waals surface area contributed by atoms with Crippen molar-refractivity contribution in [3.8, 4) is 11.5 Å². The zero-order chi connectivity index (χ0) is 19.8. The molecule has 0 radical (unpaired) electrons. The Hall–Kier alpha value is -2.24. The number of rotatable bonds is 10. The van der Waals surface area contributed by atoms with Gasteiger partial charge in [0.2, 0.25) is 0 Å². The molecule has 6 heteroatoms. The third-order valence-electron chi connectivity index (χ3n) is 4.37. The lowest BCUT2D eigenvalue weighted by Crippen LogP contribution is -2.24. The minimum atomic E-state index is -0.570. The Morgan fingerprint density at radius 1 is 1.22 bits per heavy atom. The molecule has 1 atom stereocenters. The Balaban J connectivity index is 2.04. The summed E-state index contributed by atoms with van der Waals surface area (Å²) in [6.45, 7) is 5.69. The fraction of sp³-hybridized carbons (Fsp3) is 0.381. The summed E-state index contributed by atoms with van der Waals surface area (Å²) in [5, 5.41) is 3.89. The van der Waals surface area contributed by atoms with Crippen molar-refractivity contribution in [3.63, 3.8) is 0 Å². The number of benzene rings is 2. The van der Waals surface area contributed by atoms with E-state index in [1.807, 2.05) is 12.1 Å². The number of methoxy groups -OCH3 is 1. The number of carbonyl (C=O) groups is 1. The molecule has 27 heavy (non-hydrogen) atoms. The van der Waals surface area contributed by atoms with Gasteiger partial charge in [0.15, 0.2) is 18.1 Å². The van der Waals surface area contributed by atoms with E-state index in [-0.39, 0.29) is 6.61 Å². The first-order valence-corrected chi connectivity index (χ1v) is 9.33. The van der Waals surface area contributed by atoms with Crippen LogP contribution in [0.15, 0.2) is 42.5 Å². The Labute approximate surface area is 165 Å². The lowest BCUT2D eigenvalue weighted by atomic mass is 9.88. The monoisotopic (exact) mass is 390 g/mol. The van der Waals surface area contributed by atoms with Crippen LogP contribution in [-0.2, 0) is 11.3 Å². The number of hydrogen-bond donors (Lipinski definition) is 2. The zero-order valence-electron chi connectivity index (χ0n) is 16.0. The molecule has 3 N–H and O–H groups in total. The van der Waals surface area contributed by atoms with Crippen LogP contribution in [0.1, 0.15) is 30.9 Å². The van der Waals surface area contributed by atoms with Crippen LogP contribution in [-0.4, -0.2) is 26.2 Å². The first-order chi connectivity index (χ1) is 12.9. The largest absolute Gasteiger partial charge is 0.493 e. The molecule has 0 saturated heterocycles. The van der Waals surface area contributed by atoms with Crippen molar-refractivity contribution in [2.45, 2.75) is 26.3 Å². The second-order valence-corrected chi connectivity index (χ2v) is 7.16. The second kappa shape index (κ2) is 10.2. The van der Waals surface area contributed by atoms with Crippen LogP contribution in [0.3, 0.4) is 0 Å². The molecular weight excluding hydrogens is 364 g/mol. The maximum Gasteiger partial charge on any atom is 0.255 e. The quantitative estimate of drug-likeness (QED) is 0.648. The van der Waals surface area contributed by atoms with E-state index in [1.165, 1.54) is 12.7 Å². The van der Waals surface area contributed by atoms with Gasteiger partial charge < -0.3 is 20.5 Å². The van der Waals surface area contributed by atoms with Crippen molar-refractivity contribution < 1.29 is 14.3 Å². The third-order valence-corrected chi connectivity index (χ3v) is 4.65. The van der Waals surface area contributed by atoms with Gasteiger partial charge in [-0.1, -0.05) is 55.8 Å². The predicted octanol–water partition coefficient (Wildman–Crippen LogP) is 3.74. The lowest BCUT2D eigenvalue weighted by molar-refractivity contribution is -0.119. The van der Waals surface area contributed by atoms with E-state index in [4.69, 9.17) is 26.8 Å². The van der Waals surface area contributed by atoms with Crippen LogP contribution in [0.5, 0.6) is 11.5 Å². The SMILES string of the molecule is COc1cc(CNCC(c2ccccc2)C(C)C)cc(Cl)c1OCC(N)=O. The zero-order valence-corrected chi connectivity index (χ0v) is 16.8. The summed E-state index contributed by atoms with van der Waals surface area (Å²) >= 11 is 6.30. The van der Waals surface area contributed by atoms with Gasteiger partial charge in [0.05, 0.1) is 12.1 Å². The average Bonchev–Trinajstić information content (AvgIpc) is 2.64. The van der Waals surface area contributed by atoms with Gasteiger partial charge in [-0.2, -0.15) is 0 Å². The van der Waals surface area contributed by atoms with E-state index in [0.717, 1.165) is 12.1 Å². The minimum absolute atomic E-state index is 0.249. The van der Waals surface area contributed by atoms with E-state index >= 15 is 0 Å². The molecule has 0 fully saturated rings. The van der Waals surface area contributed by atoms with Crippen LogP contribution in [0, 0.1) is 5.92 Å². The summed E-state index contributed by atoms with van der Waals surface area (Å²) in [7, 11) is 1.53. The number of carbonyl (C=O) groups excluding carboxylic acids is 1. The Morgan fingerprint density at radius 3 is 2.52 bits per heavy atom. The van der Waals surface area contributed by atoms with Gasteiger partial charge >= 0.3 is 0 Å². The van der Waals surface area contributed by atoms with Crippen molar-refractivity contribution in [1.82, 2.24) is 5.32 Å². The number of halogens is 1. The highest BCUT2D eigenvalue weighted by molar-refractivity contribution is 6.32. The molecule has 146 valence electrons. The van der Waals surface area contributed by atoms with E-state index in [0.29, 0.717) is 34.9 Å². The normalized spacial score (nSPS) is 12.0. The van der Waals surface area contributed by atoms with E-state index < -0.39 is 5.91 Å². The summed E-state index contributed by atoms with van der Waals surface area (Å²) in [6, 6.07) is 14.2. The molecule has 0 aliphatic carbocycles. The lowest BCUT2D eigenvalue weighted by Gasteiger charge is -2.22. The molecule has 2 rings (SSSR count). The Kier molecular flexibility index (Phi) is 7.95. The molecule has 0 aliphatic rings. The molecule has 0 saturated carbocycles. The van der Waals surface area contributed by atoms with Crippen LogP contribution in [0.2, 0.25) is 5.02 Å². The summed E-state index contributed by atoms with van der Waals surface area (Å²) < 4.78 is 10.7. The number of hydrogen-bond acceptors (Lipinski definition) is 4. The molecule has 1 amide bonds. The highest BCUT2D eigenvalue weighted by Gasteiger charge is 2.16. The Bertz CT molecular complexity index is 751. The smallest absolute Gasteiger partial charge is 0.255 e. The van der Waals surface area contributed by atoms with Gasteiger partial charge in [-0.15, -0.1) is 0 Å². The number of nitrogens with one attached hydrogen (secondary N) is 1. The van der Waals surface area contributed by atoms with Gasteiger partial charge in [-0.3, -0.25) is 4.79 Å². The van der Waals surface area contributed by atoms with Crippen molar-refractivity contribution in [3.05, 3.63) is 58.6 Å². The van der Waals surface area contributed by atoms with Crippen LogP contribution in [0.4, 0.5) is 0 Å². The fourth-order valence-corrected chi connectivity index (χ4v) is 3.26. The molecule has 5 nitrogen and oxygen atoms in total. The van der Waals surface area contributed by atoms with Crippen molar-refractivity contribution in [1.29, 1.82) is 0 Å². The summed E-state index contributed by atoms with van der Waals surface area (Å²) in [5.41, 5.74) is 7.42. The van der Waals surface area contributed by atoms with Crippen molar-refractivity contribution in [2.75, 3.05) is 20.3 Å². The van der Waals surface area contributed by atoms with Gasteiger partial charge in [0.1, 0.15) is 0 Å². The molecule has 0 spiro atoms. The topological polar surface area (TPSA) is 73.6 Å². The minimum Gasteiger partial charge on any atom is -0.493 e. The number of primary amides is 1. The molecule has 0 heterocycles. The van der Waals surface area contributed by atoms with Gasteiger partial charge in [-0.25, -0.2) is 0 Å². The third kappa shape index (κ3) is 6.15. The molecule has 2 aromatic carbocycles. The molecular formula is C21H27ClN2O3. The average molecular weight is 391 g/mol. The van der Waals surface area contributed by atoms with Crippen molar-refractivity contribution >= 4 is 17.5 Å². The number of ether oxygens (including phenoxy) is 2. The van der Waals surface area contributed by atoms with Gasteiger partial charge in [0, 0.05) is 13.1 Å². The first-order valence-electron chi connectivity index (χ1n) is 8.95. The van der Waals surface area contributed by atoms with Gasteiger partial charge in [0.25, 0.3) is 5.91 Å². The van der Waals surface area contributed by atoms with Crippen molar-refractivity contribution in [2.24, 2.45) is 11.7 Å². The number of nitrogens with two attached hydrogens (primary N) is 1.